The van der Waals surface area contributed by atoms with E-state index in [1.807, 2.05) is 20.9 Å². The van der Waals surface area contributed by atoms with Crippen molar-refractivity contribution in [2.75, 3.05) is 11.9 Å². The predicted molar refractivity (Wildman–Crippen MR) is 84.7 cm³/mol. The van der Waals surface area contributed by atoms with Gasteiger partial charge in [-0.15, -0.1) is 5.10 Å². The van der Waals surface area contributed by atoms with Crippen molar-refractivity contribution < 1.29 is 0 Å². The second-order valence-electron chi connectivity index (χ2n) is 5.56. The molecule has 0 bridgehead atoms. The van der Waals surface area contributed by atoms with Gasteiger partial charge in [0, 0.05) is 13.1 Å². The van der Waals surface area contributed by atoms with Crippen molar-refractivity contribution in [3.05, 3.63) is 16.8 Å². The van der Waals surface area contributed by atoms with Crippen molar-refractivity contribution >= 4 is 23.0 Å². The van der Waals surface area contributed by atoms with Gasteiger partial charge in [0.2, 0.25) is 0 Å². The first-order valence-corrected chi connectivity index (χ1v) is 7.03. The molecule has 1 heterocycles. The standard InChI is InChI=1S/C14H24N4S/c1-8(2)7-9(3)18(6)14-12(13(15)19)10(4)11(5)16-17-14/h8-9H,7H2,1-6H3,(H2,15,19). The van der Waals surface area contributed by atoms with Crippen LogP contribution in [0, 0.1) is 19.8 Å². The van der Waals surface area contributed by atoms with Gasteiger partial charge in [0.15, 0.2) is 5.82 Å². The Kier molecular flexibility index (Phi) is 5.23. The van der Waals surface area contributed by atoms with E-state index in [0.29, 0.717) is 16.9 Å². The van der Waals surface area contributed by atoms with Gasteiger partial charge < -0.3 is 10.6 Å². The minimum Gasteiger partial charge on any atom is -0.389 e. The molecule has 0 saturated carbocycles. The van der Waals surface area contributed by atoms with Crippen molar-refractivity contribution in [3.63, 3.8) is 0 Å². The molecule has 0 aliphatic rings. The van der Waals surface area contributed by atoms with Crippen molar-refractivity contribution in [3.8, 4) is 0 Å². The van der Waals surface area contributed by atoms with Crippen LogP contribution in [0.25, 0.3) is 0 Å². The lowest BCUT2D eigenvalue weighted by Gasteiger charge is -2.29. The van der Waals surface area contributed by atoms with E-state index in [9.17, 15) is 0 Å². The zero-order chi connectivity index (χ0) is 14.7. The molecule has 5 heteroatoms. The van der Waals surface area contributed by atoms with Gasteiger partial charge in [0.1, 0.15) is 4.99 Å². The van der Waals surface area contributed by atoms with E-state index < -0.39 is 0 Å². The van der Waals surface area contributed by atoms with Crippen LogP contribution in [0.15, 0.2) is 0 Å². The zero-order valence-electron chi connectivity index (χ0n) is 12.7. The Hall–Kier alpha value is -1.23. The van der Waals surface area contributed by atoms with E-state index in [0.717, 1.165) is 29.1 Å². The van der Waals surface area contributed by atoms with Crippen LogP contribution in [0.2, 0.25) is 0 Å². The summed E-state index contributed by atoms with van der Waals surface area (Å²) in [6.07, 6.45) is 1.09. The van der Waals surface area contributed by atoms with Crippen LogP contribution < -0.4 is 10.6 Å². The van der Waals surface area contributed by atoms with E-state index in [2.05, 4.69) is 35.9 Å². The van der Waals surface area contributed by atoms with Crippen LogP contribution in [0.5, 0.6) is 0 Å². The number of thiocarbonyl (C=S) groups is 1. The van der Waals surface area contributed by atoms with Gasteiger partial charge >= 0.3 is 0 Å². The Morgan fingerprint density at radius 2 is 1.84 bits per heavy atom. The lowest BCUT2D eigenvalue weighted by atomic mass is 10.0. The van der Waals surface area contributed by atoms with E-state index in [-0.39, 0.29) is 0 Å². The smallest absolute Gasteiger partial charge is 0.161 e. The number of aromatic nitrogens is 2. The third kappa shape index (κ3) is 3.62. The molecule has 1 aromatic heterocycles. The maximum Gasteiger partial charge on any atom is 0.161 e. The number of hydrogen-bond donors (Lipinski definition) is 1. The first-order valence-electron chi connectivity index (χ1n) is 6.62. The maximum absolute atomic E-state index is 5.86. The molecular weight excluding hydrogens is 256 g/mol. The fraction of sp³-hybridized carbons (Fsp3) is 0.643. The summed E-state index contributed by atoms with van der Waals surface area (Å²) in [5, 5.41) is 8.49. The normalized spacial score (nSPS) is 12.6. The second kappa shape index (κ2) is 6.28. The third-order valence-corrected chi connectivity index (χ3v) is 3.69. The van der Waals surface area contributed by atoms with E-state index in [1.54, 1.807) is 0 Å². The molecule has 106 valence electrons. The second-order valence-corrected chi connectivity index (χ2v) is 6.00. The average molecular weight is 280 g/mol. The van der Waals surface area contributed by atoms with Gasteiger partial charge in [0.25, 0.3) is 0 Å². The lowest BCUT2D eigenvalue weighted by Crippen LogP contribution is -2.33. The molecule has 0 fully saturated rings. The van der Waals surface area contributed by atoms with Gasteiger partial charge in [-0.05, 0) is 38.7 Å². The van der Waals surface area contributed by atoms with Crippen LogP contribution in [0.3, 0.4) is 0 Å². The highest BCUT2D eigenvalue weighted by atomic mass is 32.1. The van der Waals surface area contributed by atoms with Gasteiger partial charge in [-0.1, -0.05) is 26.1 Å². The average Bonchev–Trinajstić information content (AvgIpc) is 2.30. The first kappa shape index (κ1) is 15.8. The largest absolute Gasteiger partial charge is 0.389 e. The minimum atomic E-state index is 0.365. The zero-order valence-corrected chi connectivity index (χ0v) is 13.5. The number of rotatable bonds is 5. The summed E-state index contributed by atoms with van der Waals surface area (Å²) in [7, 11) is 2.02. The molecule has 2 N–H and O–H groups in total. The molecule has 0 aliphatic heterocycles. The minimum absolute atomic E-state index is 0.365. The van der Waals surface area contributed by atoms with Crippen LogP contribution >= 0.6 is 12.2 Å². The van der Waals surface area contributed by atoms with Crippen LogP contribution in [-0.4, -0.2) is 28.3 Å². The molecule has 0 aromatic carbocycles. The summed E-state index contributed by atoms with van der Waals surface area (Å²) < 4.78 is 0. The monoisotopic (exact) mass is 280 g/mol. The Morgan fingerprint density at radius 3 is 2.32 bits per heavy atom. The first-order chi connectivity index (χ1) is 8.75. The fourth-order valence-corrected chi connectivity index (χ4v) is 2.43. The summed E-state index contributed by atoms with van der Waals surface area (Å²) in [5.74, 6) is 1.41. The van der Waals surface area contributed by atoms with Gasteiger partial charge in [-0.3, -0.25) is 0 Å². The molecule has 0 aliphatic carbocycles. The number of nitrogens with zero attached hydrogens (tertiary/aromatic N) is 3. The Balaban J connectivity index is 3.19. The molecular formula is C14H24N4S. The van der Waals surface area contributed by atoms with Gasteiger partial charge in [0.05, 0.1) is 11.3 Å². The number of hydrogen-bond acceptors (Lipinski definition) is 4. The molecule has 0 saturated heterocycles. The molecule has 1 atom stereocenters. The maximum atomic E-state index is 5.86. The molecule has 19 heavy (non-hydrogen) atoms. The summed E-state index contributed by atoms with van der Waals surface area (Å²) >= 11 is 5.17. The molecule has 1 unspecified atom stereocenters. The quantitative estimate of drug-likeness (QED) is 0.840. The third-order valence-electron chi connectivity index (χ3n) is 3.49. The molecule has 0 amide bonds. The van der Waals surface area contributed by atoms with Crippen molar-refractivity contribution in [1.29, 1.82) is 0 Å². The van der Waals surface area contributed by atoms with Crippen molar-refractivity contribution in [2.24, 2.45) is 11.7 Å². The van der Waals surface area contributed by atoms with E-state index in [1.165, 1.54) is 0 Å². The van der Waals surface area contributed by atoms with Crippen LogP contribution in [0.4, 0.5) is 5.82 Å². The highest BCUT2D eigenvalue weighted by Gasteiger charge is 2.20. The Morgan fingerprint density at radius 1 is 1.26 bits per heavy atom. The molecule has 0 radical (unpaired) electrons. The van der Waals surface area contributed by atoms with Gasteiger partial charge in [-0.25, -0.2) is 0 Å². The summed E-state index contributed by atoms with van der Waals surface area (Å²) in [6.45, 7) is 10.5. The molecule has 0 spiro atoms. The highest BCUT2D eigenvalue weighted by molar-refractivity contribution is 7.80. The SMILES string of the molecule is Cc1nnc(N(C)C(C)CC(C)C)c(C(N)=S)c1C. The summed E-state index contributed by atoms with van der Waals surface area (Å²) in [4.78, 5) is 2.50. The molecule has 4 nitrogen and oxygen atoms in total. The topological polar surface area (TPSA) is 55.0 Å². The van der Waals surface area contributed by atoms with Crippen molar-refractivity contribution in [2.45, 2.75) is 47.1 Å². The Labute approximate surface area is 121 Å². The van der Waals surface area contributed by atoms with E-state index in [4.69, 9.17) is 18.0 Å². The molecule has 1 rings (SSSR count). The summed E-state index contributed by atoms with van der Waals surface area (Å²) in [6, 6.07) is 0.365. The predicted octanol–water partition coefficient (Wildman–Crippen LogP) is 2.60. The van der Waals surface area contributed by atoms with Crippen LogP contribution in [0.1, 0.15) is 44.0 Å². The summed E-state index contributed by atoms with van der Waals surface area (Å²) in [5.41, 5.74) is 8.59. The number of anilines is 1. The van der Waals surface area contributed by atoms with Gasteiger partial charge in [-0.2, -0.15) is 5.10 Å². The van der Waals surface area contributed by atoms with E-state index >= 15 is 0 Å². The molecule has 1 aromatic rings. The van der Waals surface area contributed by atoms with Crippen molar-refractivity contribution in [1.82, 2.24) is 10.2 Å². The number of aryl methyl sites for hydroxylation is 1. The number of nitrogens with two attached hydrogens (primary N) is 1. The highest BCUT2D eigenvalue weighted by Crippen LogP contribution is 2.24. The fourth-order valence-electron chi connectivity index (χ4n) is 2.19. The Bertz CT molecular complexity index is 471. The van der Waals surface area contributed by atoms with Crippen LogP contribution in [-0.2, 0) is 0 Å². The lowest BCUT2D eigenvalue weighted by molar-refractivity contribution is 0.501.